The summed E-state index contributed by atoms with van der Waals surface area (Å²) < 4.78 is 5.38. The summed E-state index contributed by atoms with van der Waals surface area (Å²) in [6.07, 6.45) is 4.63. The summed E-state index contributed by atoms with van der Waals surface area (Å²) in [5, 5.41) is 13.4. The number of nitrogens with zero attached hydrogens (tertiary/aromatic N) is 2. The molecule has 0 spiro atoms. The number of β-amino-alcohol motifs (C(OH)–C–C–N with tert-alkyl or cyclic N) is 1. The van der Waals surface area contributed by atoms with Crippen molar-refractivity contribution in [3.05, 3.63) is 29.8 Å². The molecule has 156 valence electrons. The van der Waals surface area contributed by atoms with E-state index in [1.54, 1.807) is 4.90 Å². The van der Waals surface area contributed by atoms with Crippen LogP contribution in [0.5, 0.6) is 0 Å². The van der Waals surface area contributed by atoms with E-state index in [2.05, 4.69) is 22.3 Å². The number of rotatable bonds is 8. The molecule has 0 bridgehead atoms. The normalized spacial score (nSPS) is 21.1. The van der Waals surface area contributed by atoms with E-state index in [9.17, 15) is 9.90 Å². The van der Waals surface area contributed by atoms with Gasteiger partial charge in [0.05, 0.1) is 6.10 Å². The second kappa shape index (κ2) is 10.8. The number of hydrogen-bond acceptors (Lipinski definition) is 5. The van der Waals surface area contributed by atoms with E-state index in [1.165, 1.54) is 5.69 Å². The molecule has 0 aliphatic carbocycles. The Morgan fingerprint density at radius 1 is 1.18 bits per heavy atom. The number of carbonyl (C=O) groups is 1. The fourth-order valence-corrected chi connectivity index (χ4v) is 4.10. The molecule has 0 aromatic heterocycles. The van der Waals surface area contributed by atoms with Crippen molar-refractivity contribution >= 4 is 11.6 Å². The maximum Gasteiger partial charge on any atom is 0.253 e. The molecule has 3 rings (SSSR count). The highest BCUT2D eigenvalue weighted by Gasteiger charge is 2.23. The Kier molecular flexibility index (Phi) is 8.13. The third kappa shape index (κ3) is 5.93. The van der Waals surface area contributed by atoms with Crippen molar-refractivity contribution in [2.24, 2.45) is 0 Å². The zero-order valence-corrected chi connectivity index (χ0v) is 17.1. The molecule has 0 unspecified atom stereocenters. The second-order valence-corrected chi connectivity index (χ2v) is 7.86. The average Bonchev–Trinajstić information content (AvgIpc) is 2.74. The number of ether oxygens (including phenoxy) is 1. The SMILES string of the molecule is CCOCCCNC1CCN(c2ccc(C(=O)N3CCC[C@H](O)C3)cc2)CC1. The molecular formula is C22H35N3O3. The van der Waals surface area contributed by atoms with Gasteiger partial charge >= 0.3 is 0 Å². The molecule has 0 radical (unpaired) electrons. The van der Waals surface area contributed by atoms with Gasteiger partial charge in [-0.25, -0.2) is 0 Å². The lowest BCUT2D eigenvalue weighted by molar-refractivity contribution is 0.0474. The van der Waals surface area contributed by atoms with E-state index in [0.29, 0.717) is 18.2 Å². The number of aliphatic hydroxyl groups excluding tert-OH is 1. The van der Waals surface area contributed by atoms with Crippen LogP contribution in [0.3, 0.4) is 0 Å². The van der Waals surface area contributed by atoms with Crippen molar-refractivity contribution in [1.29, 1.82) is 0 Å². The van der Waals surface area contributed by atoms with Crippen LogP contribution < -0.4 is 10.2 Å². The fraction of sp³-hybridized carbons (Fsp3) is 0.682. The largest absolute Gasteiger partial charge is 0.391 e. The van der Waals surface area contributed by atoms with E-state index in [4.69, 9.17) is 4.74 Å². The molecule has 2 aliphatic heterocycles. The molecule has 1 aromatic rings. The number of benzene rings is 1. The Balaban J connectivity index is 1.44. The highest BCUT2D eigenvalue weighted by molar-refractivity contribution is 5.94. The summed E-state index contributed by atoms with van der Waals surface area (Å²) >= 11 is 0. The standard InChI is InChI=1S/C22H35N3O3/c1-2-28-16-4-12-23-19-10-14-24(15-11-19)20-8-6-18(7-9-20)22(27)25-13-3-5-21(26)17-25/h6-9,19,21,23,26H,2-5,10-17H2,1H3/t21-/m0/s1. The Morgan fingerprint density at radius 3 is 2.61 bits per heavy atom. The first-order valence-electron chi connectivity index (χ1n) is 10.8. The summed E-state index contributed by atoms with van der Waals surface area (Å²) in [6, 6.07) is 8.56. The third-order valence-electron chi connectivity index (χ3n) is 5.76. The van der Waals surface area contributed by atoms with Crippen LogP contribution in [0.25, 0.3) is 0 Å². The molecule has 1 aromatic carbocycles. The monoisotopic (exact) mass is 389 g/mol. The zero-order chi connectivity index (χ0) is 19.8. The number of carbonyl (C=O) groups excluding carboxylic acids is 1. The topological polar surface area (TPSA) is 65.0 Å². The van der Waals surface area contributed by atoms with Gasteiger partial charge in [0, 0.05) is 56.7 Å². The van der Waals surface area contributed by atoms with Crippen LogP contribution in [0, 0.1) is 0 Å². The molecule has 6 heteroatoms. The van der Waals surface area contributed by atoms with Gasteiger partial charge in [0.25, 0.3) is 5.91 Å². The van der Waals surface area contributed by atoms with E-state index < -0.39 is 0 Å². The van der Waals surface area contributed by atoms with Crippen molar-refractivity contribution in [2.75, 3.05) is 50.8 Å². The zero-order valence-electron chi connectivity index (χ0n) is 17.1. The molecule has 2 N–H and O–H groups in total. The van der Waals surface area contributed by atoms with Crippen molar-refractivity contribution < 1.29 is 14.6 Å². The fourth-order valence-electron chi connectivity index (χ4n) is 4.10. The van der Waals surface area contributed by atoms with Crippen molar-refractivity contribution in [2.45, 2.75) is 51.2 Å². The number of anilines is 1. The Hall–Kier alpha value is -1.63. The smallest absolute Gasteiger partial charge is 0.253 e. The minimum atomic E-state index is -0.383. The molecular weight excluding hydrogens is 354 g/mol. The van der Waals surface area contributed by atoms with Gasteiger partial charge in [-0.1, -0.05) is 0 Å². The highest BCUT2D eigenvalue weighted by Crippen LogP contribution is 2.22. The third-order valence-corrected chi connectivity index (χ3v) is 5.76. The average molecular weight is 390 g/mol. The van der Waals surface area contributed by atoms with E-state index in [0.717, 1.165) is 71.5 Å². The van der Waals surface area contributed by atoms with E-state index in [-0.39, 0.29) is 12.0 Å². The number of likely N-dealkylation sites (tertiary alicyclic amines) is 1. The number of piperidine rings is 2. The molecule has 28 heavy (non-hydrogen) atoms. The number of aliphatic hydroxyl groups is 1. The van der Waals surface area contributed by atoms with Gasteiger partial charge in [-0.15, -0.1) is 0 Å². The Bertz CT molecular complexity index is 600. The minimum absolute atomic E-state index is 0.0280. The van der Waals surface area contributed by atoms with E-state index in [1.807, 2.05) is 19.1 Å². The van der Waals surface area contributed by atoms with Gasteiger partial charge in [0.1, 0.15) is 0 Å². The summed E-state index contributed by atoms with van der Waals surface area (Å²) in [4.78, 5) is 16.8. The molecule has 2 fully saturated rings. The molecule has 6 nitrogen and oxygen atoms in total. The van der Waals surface area contributed by atoms with Crippen molar-refractivity contribution in [3.63, 3.8) is 0 Å². The van der Waals surface area contributed by atoms with Gasteiger partial charge in [-0.05, 0) is 69.8 Å². The molecule has 0 saturated carbocycles. The number of nitrogens with one attached hydrogen (secondary N) is 1. The number of amides is 1. The van der Waals surface area contributed by atoms with Crippen LogP contribution >= 0.6 is 0 Å². The lowest BCUT2D eigenvalue weighted by Crippen LogP contribution is -2.43. The molecule has 2 saturated heterocycles. The maximum atomic E-state index is 12.6. The summed E-state index contributed by atoms with van der Waals surface area (Å²) in [5.74, 6) is 0.0280. The maximum absolute atomic E-state index is 12.6. The first-order chi connectivity index (χ1) is 13.7. The van der Waals surface area contributed by atoms with Gasteiger partial charge in [0.15, 0.2) is 0 Å². The van der Waals surface area contributed by atoms with Crippen LogP contribution in [0.15, 0.2) is 24.3 Å². The summed E-state index contributed by atoms with van der Waals surface area (Å²) in [5.41, 5.74) is 1.90. The van der Waals surface area contributed by atoms with Gasteiger partial charge < -0.3 is 25.0 Å². The highest BCUT2D eigenvalue weighted by atomic mass is 16.5. The predicted octanol–water partition coefficient (Wildman–Crippen LogP) is 2.27. The Labute approximate surface area is 168 Å². The molecule has 2 aliphatic rings. The van der Waals surface area contributed by atoms with Crippen molar-refractivity contribution in [1.82, 2.24) is 10.2 Å². The van der Waals surface area contributed by atoms with Crippen molar-refractivity contribution in [3.8, 4) is 0 Å². The first-order valence-corrected chi connectivity index (χ1v) is 10.8. The van der Waals surface area contributed by atoms with Crippen LogP contribution in [0.1, 0.15) is 49.4 Å². The van der Waals surface area contributed by atoms with Crippen LogP contribution in [-0.2, 0) is 4.74 Å². The van der Waals surface area contributed by atoms with Gasteiger partial charge in [0.2, 0.25) is 0 Å². The molecule has 2 heterocycles. The van der Waals surface area contributed by atoms with Crippen LogP contribution in [0.2, 0.25) is 0 Å². The predicted molar refractivity (Wildman–Crippen MR) is 112 cm³/mol. The van der Waals surface area contributed by atoms with Gasteiger partial charge in [-0.2, -0.15) is 0 Å². The minimum Gasteiger partial charge on any atom is -0.391 e. The second-order valence-electron chi connectivity index (χ2n) is 7.86. The molecule has 1 amide bonds. The van der Waals surface area contributed by atoms with Crippen LogP contribution in [-0.4, -0.2) is 74.0 Å². The summed E-state index contributed by atoms with van der Waals surface area (Å²) in [7, 11) is 0. The first kappa shape index (κ1) is 21.1. The Morgan fingerprint density at radius 2 is 1.93 bits per heavy atom. The quantitative estimate of drug-likeness (QED) is 0.668. The van der Waals surface area contributed by atoms with E-state index >= 15 is 0 Å². The lowest BCUT2D eigenvalue weighted by atomic mass is 10.0. The van der Waals surface area contributed by atoms with Gasteiger partial charge in [-0.3, -0.25) is 4.79 Å². The summed E-state index contributed by atoms with van der Waals surface area (Å²) in [6.45, 7) is 7.95. The molecule has 1 atom stereocenters. The number of hydrogen-bond donors (Lipinski definition) is 2. The van der Waals surface area contributed by atoms with Crippen LogP contribution in [0.4, 0.5) is 5.69 Å². The lowest BCUT2D eigenvalue weighted by Gasteiger charge is -2.34.